The first-order valence-electron chi connectivity index (χ1n) is 8.06. The molecule has 0 saturated heterocycles. The summed E-state index contributed by atoms with van der Waals surface area (Å²) in [7, 11) is -4.05. The van der Waals surface area contributed by atoms with Crippen LogP contribution in [-0.2, 0) is 21.2 Å². The molecule has 1 atom stereocenters. The van der Waals surface area contributed by atoms with Gasteiger partial charge in [-0.3, -0.25) is 4.79 Å². The van der Waals surface area contributed by atoms with E-state index in [0.29, 0.717) is 30.3 Å². The zero-order valence-electron chi connectivity index (χ0n) is 14.1. The molecule has 0 fully saturated rings. The quantitative estimate of drug-likeness (QED) is 0.862. The first-order chi connectivity index (χ1) is 12.3. The molecular weight excluding hydrogens is 361 g/mol. The smallest absolute Gasteiger partial charge is 0.264 e. The number of rotatable bonds is 5. The molecule has 0 radical (unpaired) electrons. The van der Waals surface area contributed by atoms with Crippen molar-refractivity contribution in [2.45, 2.75) is 18.2 Å². The van der Waals surface area contributed by atoms with Gasteiger partial charge in [0, 0.05) is 12.0 Å². The molecule has 1 N–H and O–H groups in total. The third-order valence-corrected chi connectivity index (χ3v) is 5.28. The number of sulfonamides is 1. The van der Waals surface area contributed by atoms with Gasteiger partial charge in [0.15, 0.2) is 11.5 Å². The van der Waals surface area contributed by atoms with E-state index >= 15 is 0 Å². The van der Waals surface area contributed by atoms with E-state index in [0.717, 1.165) is 0 Å². The van der Waals surface area contributed by atoms with E-state index in [9.17, 15) is 17.6 Å². The van der Waals surface area contributed by atoms with Crippen molar-refractivity contribution >= 4 is 15.9 Å². The lowest BCUT2D eigenvalue weighted by Crippen LogP contribution is -2.35. The second-order valence-corrected chi connectivity index (χ2v) is 7.69. The Balaban J connectivity index is 1.71. The second kappa shape index (κ2) is 7.33. The third kappa shape index (κ3) is 4.13. The summed E-state index contributed by atoms with van der Waals surface area (Å²) < 4.78 is 50.9. The highest BCUT2D eigenvalue weighted by molar-refractivity contribution is 7.90. The number of hydrogen-bond donors (Lipinski definition) is 1. The topological polar surface area (TPSA) is 81.7 Å². The standard InChI is InChI=1S/C18H18FNO5S/c1-12(9-13-3-2-4-14(19)10-13)18(21)20-26(22,23)15-5-6-16-17(11-15)25-8-7-24-16/h2-6,10-12H,7-9H2,1H3,(H,20,21). The van der Waals surface area contributed by atoms with Crippen LogP contribution in [-0.4, -0.2) is 27.5 Å². The summed E-state index contributed by atoms with van der Waals surface area (Å²) in [6, 6.07) is 10.0. The highest BCUT2D eigenvalue weighted by Gasteiger charge is 2.24. The molecule has 1 aliphatic heterocycles. The van der Waals surface area contributed by atoms with Crippen LogP contribution in [0.3, 0.4) is 0 Å². The Morgan fingerprint density at radius 1 is 1.15 bits per heavy atom. The lowest BCUT2D eigenvalue weighted by molar-refractivity contribution is -0.122. The number of nitrogens with one attached hydrogen (secondary N) is 1. The van der Waals surface area contributed by atoms with Crippen molar-refractivity contribution in [1.29, 1.82) is 0 Å². The SMILES string of the molecule is CC(Cc1cccc(F)c1)C(=O)NS(=O)(=O)c1ccc2c(c1)OCCO2. The summed E-state index contributed by atoms with van der Waals surface area (Å²) >= 11 is 0. The van der Waals surface area contributed by atoms with Gasteiger partial charge in [-0.2, -0.15) is 0 Å². The average molecular weight is 379 g/mol. The largest absolute Gasteiger partial charge is 0.486 e. The van der Waals surface area contributed by atoms with E-state index in [1.807, 2.05) is 0 Å². The first-order valence-corrected chi connectivity index (χ1v) is 9.54. The van der Waals surface area contributed by atoms with Gasteiger partial charge >= 0.3 is 0 Å². The molecule has 138 valence electrons. The van der Waals surface area contributed by atoms with Gasteiger partial charge in [-0.15, -0.1) is 0 Å². The number of carbonyl (C=O) groups is 1. The van der Waals surface area contributed by atoms with Crippen LogP contribution in [0.15, 0.2) is 47.4 Å². The predicted molar refractivity (Wildman–Crippen MR) is 92.0 cm³/mol. The van der Waals surface area contributed by atoms with Crippen molar-refractivity contribution in [2.75, 3.05) is 13.2 Å². The minimum Gasteiger partial charge on any atom is -0.486 e. The molecule has 0 saturated carbocycles. The van der Waals surface area contributed by atoms with Crippen molar-refractivity contribution in [3.05, 3.63) is 53.8 Å². The second-order valence-electron chi connectivity index (χ2n) is 6.01. The van der Waals surface area contributed by atoms with Crippen LogP contribution < -0.4 is 14.2 Å². The maximum absolute atomic E-state index is 13.2. The third-order valence-electron chi connectivity index (χ3n) is 3.94. The molecule has 2 aromatic rings. The number of ether oxygens (including phenoxy) is 2. The van der Waals surface area contributed by atoms with E-state index in [-0.39, 0.29) is 11.3 Å². The van der Waals surface area contributed by atoms with Crippen molar-refractivity contribution in [1.82, 2.24) is 4.72 Å². The highest BCUT2D eigenvalue weighted by Crippen LogP contribution is 2.32. The molecule has 0 spiro atoms. The van der Waals surface area contributed by atoms with Gasteiger partial charge in [0.1, 0.15) is 19.0 Å². The van der Waals surface area contributed by atoms with Crippen molar-refractivity contribution in [2.24, 2.45) is 5.92 Å². The zero-order chi connectivity index (χ0) is 18.7. The molecular formula is C18H18FNO5S. The van der Waals surface area contributed by atoms with Gasteiger partial charge in [-0.1, -0.05) is 19.1 Å². The first kappa shape index (κ1) is 18.2. The molecule has 0 aliphatic carbocycles. The van der Waals surface area contributed by atoms with Gasteiger partial charge in [0.2, 0.25) is 5.91 Å². The van der Waals surface area contributed by atoms with E-state index in [1.54, 1.807) is 19.1 Å². The Morgan fingerprint density at radius 2 is 1.88 bits per heavy atom. The molecule has 6 nitrogen and oxygen atoms in total. The van der Waals surface area contributed by atoms with E-state index < -0.39 is 27.7 Å². The maximum Gasteiger partial charge on any atom is 0.264 e. The fraction of sp³-hybridized carbons (Fsp3) is 0.278. The Morgan fingerprint density at radius 3 is 2.62 bits per heavy atom. The summed E-state index contributed by atoms with van der Waals surface area (Å²) in [4.78, 5) is 12.2. The monoisotopic (exact) mass is 379 g/mol. The lowest BCUT2D eigenvalue weighted by atomic mass is 10.0. The minimum absolute atomic E-state index is 0.0898. The summed E-state index contributed by atoms with van der Waals surface area (Å²) in [5.41, 5.74) is 0.615. The van der Waals surface area contributed by atoms with Gasteiger partial charge in [-0.05, 0) is 36.2 Å². The van der Waals surface area contributed by atoms with Crippen molar-refractivity contribution in [3.63, 3.8) is 0 Å². The number of carbonyl (C=O) groups excluding carboxylic acids is 1. The fourth-order valence-corrected chi connectivity index (χ4v) is 3.69. The zero-order valence-corrected chi connectivity index (χ0v) is 14.9. The Labute approximate surface area is 151 Å². The van der Waals surface area contributed by atoms with E-state index in [2.05, 4.69) is 4.72 Å². The fourth-order valence-electron chi connectivity index (χ4n) is 2.59. The molecule has 26 heavy (non-hydrogen) atoms. The van der Waals surface area contributed by atoms with E-state index in [1.165, 1.54) is 30.3 Å². The van der Waals surface area contributed by atoms with Gasteiger partial charge in [0.25, 0.3) is 10.0 Å². The summed E-state index contributed by atoms with van der Waals surface area (Å²) in [6.07, 6.45) is 0.222. The maximum atomic E-state index is 13.2. The van der Waals surface area contributed by atoms with Crippen molar-refractivity contribution < 1.29 is 27.1 Å². The molecule has 1 heterocycles. The summed E-state index contributed by atoms with van der Waals surface area (Å²) in [5.74, 6) is -0.938. The van der Waals surface area contributed by atoms with Crippen LogP contribution in [0, 0.1) is 11.7 Å². The normalized spacial score (nSPS) is 14.5. The minimum atomic E-state index is -4.05. The number of benzene rings is 2. The van der Waals surface area contributed by atoms with Gasteiger partial charge in [-0.25, -0.2) is 17.5 Å². The average Bonchev–Trinajstić information content (AvgIpc) is 2.61. The van der Waals surface area contributed by atoms with Crippen LogP contribution in [0.4, 0.5) is 4.39 Å². The Bertz CT molecular complexity index is 929. The van der Waals surface area contributed by atoms with Crippen LogP contribution >= 0.6 is 0 Å². The van der Waals surface area contributed by atoms with E-state index in [4.69, 9.17) is 9.47 Å². The van der Waals surface area contributed by atoms with Crippen LogP contribution in [0.1, 0.15) is 12.5 Å². The molecule has 1 amide bonds. The number of amides is 1. The molecule has 1 aliphatic rings. The summed E-state index contributed by atoms with van der Waals surface area (Å²) in [5, 5.41) is 0. The van der Waals surface area contributed by atoms with Crippen molar-refractivity contribution in [3.8, 4) is 11.5 Å². The van der Waals surface area contributed by atoms with Crippen LogP contribution in [0.2, 0.25) is 0 Å². The Hall–Kier alpha value is -2.61. The van der Waals surface area contributed by atoms with Crippen LogP contribution in [0.25, 0.3) is 0 Å². The molecule has 3 rings (SSSR count). The Kier molecular flexibility index (Phi) is 5.13. The highest BCUT2D eigenvalue weighted by atomic mass is 32.2. The lowest BCUT2D eigenvalue weighted by Gasteiger charge is -2.19. The predicted octanol–water partition coefficient (Wildman–Crippen LogP) is 2.28. The summed E-state index contributed by atoms with van der Waals surface area (Å²) in [6.45, 7) is 2.31. The molecule has 1 unspecified atom stereocenters. The molecule has 0 aromatic heterocycles. The molecule has 8 heteroatoms. The van der Waals surface area contributed by atoms with Gasteiger partial charge in [0.05, 0.1) is 4.90 Å². The number of hydrogen-bond acceptors (Lipinski definition) is 5. The van der Waals surface area contributed by atoms with Gasteiger partial charge < -0.3 is 9.47 Å². The van der Waals surface area contributed by atoms with Crippen LogP contribution in [0.5, 0.6) is 11.5 Å². The molecule has 0 bridgehead atoms. The number of halogens is 1. The number of fused-ring (bicyclic) bond motifs is 1. The molecule has 2 aromatic carbocycles.